The van der Waals surface area contributed by atoms with Crippen molar-refractivity contribution in [2.75, 3.05) is 0 Å². The summed E-state index contributed by atoms with van der Waals surface area (Å²) in [6, 6.07) is 0. The number of hydrogen-bond acceptors (Lipinski definition) is 28. The van der Waals surface area contributed by atoms with Crippen LogP contribution in [0.3, 0.4) is 0 Å². The van der Waals surface area contributed by atoms with Crippen LogP contribution >= 0.6 is 0 Å². The molecule has 4 heterocycles. The Kier molecular flexibility index (Phi) is 6.80. The molecule has 0 amide bonds. The average Bonchev–Trinajstić information content (AvgIpc) is 3.75. The summed E-state index contributed by atoms with van der Waals surface area (Å²) in [6.45, 7) is 0. The second-order valence-electron chi connectivity index (χ2n) is 8.57. The van der Waals surface area contributed by atoms with Gasteiger partial charge in [-0.2, -0.15) is 21.7 Å². The maximum atomic E-state index is 13.0. The molecule has 0 aromatic rings. The molecule has 4 aliphatic rings. The number of nitrogens with zero attached hydrogens (tertiary/aromatic N) is 12. The van der Waals surface area contributed by atoms with E-state index in [9.17, 15) is 80.9 Å². The predicted molar refractivity (Wildman–Crippen MR) is 127 cm³/mol. The monoisotopic (exact) mass is 667 g/mol. The van der Waals surface area contributed by atoms with E-state index in [0.717, 1.165) is 0 Å². The van der Waals surface area contributed by atoms with Gasteiger partial charge < -0.3 is 40.5 Å². The number of aliphatic imine (C=N–C) groups is 4. The maximum Gasteiger partial charge on any atom is 0.864 e. The fourth-order valence-electron chi connectivity index (χ4n) is 5.29. The van der Waals surface area contributed by atoms with Crippen molar-refractivity contribution in [3.8, 4) is 0 Å². The Bertz CT molecular complexity index is 1400. The Morgan fingerprint density at radius 1 is 0.400 bits per heavy atom. The third-order valence-corrected chi connectivity index (χ3v) is 13.5. The largest absolute Gasteiger partial charge is 0.864 e. The highest BCUT2D eigenvalue weighted by Gasteiger charge is 3.16. The van der Waals surface area contributed by atoms with Gasteiger partial charge in [-0.05, 0) is 19.7 Å². The lowest BCUT2D eigenvalue weighted by molar-refractivity contribution is -0.619. The minimum absolute atomic E-state index is 1.39. The molecule has 0 fully saturated rings. The van der Waals surface area contributed by atoms with Gasteiger partial charge in [0, 0.05) is 19.7 Å². The number of nitro groups is 8. The summed E-state index contributed by atoms with van der Waals surface area (Å²) in [6.07, 6.45) is 0. The van der Waals surface area contributed by atoms with E-state index < -0.39 is 94.9 Å². The second-order valence-corrected chi connectivity index (χ2v) is 13.5. The highest BCUT2D eigenvalue weighted by atomic mass is 27.2. The van der Waals surface area contributed by atoms with Gasteiger partial charge in [-0.1, -0.05) is 20.0 Å². The van der Waals surface area contributed by atoms with E-state index in [2.05, 4.69) is 20.0 Å². The van der Waals surface area contributed by atoms with Crippen LogP contribution in [0, 0.1) is 80.9 Å². The van der Waals surface area contributed by atoms with Crippen LogP contribution in [0.2, 0.25) is 0 Å². The lowest BCUT2D eigenvalue weighted by Gasteiger charge is -2.42. The van der Waals surface area contributed by atoms with E-state index in [4.69, 9.17) is 0 Å². The van der Waals surface area contributed by atoms with Gasteiger partial charge >= 0.3 is 55.5 Å². The highest BCUT2D eigenvalue weighted by molar-refractivity contribution is 6.89. The summed E-state index contributed by atoms with van der Waals surface area (Å²) < 4.78 is -18.2. The van der Waals surface area contributed by atoms with E-state index in [1.807, 2.05) is 0 Å². The first-order valence-corrected chi connectivity index (χ1v) is 13.0. The smallest absolute Gasteiger partial charge is 0.390 e. The molecule has 36 nitrogen and oxygen atoms in total. The van der Waals surface area contributed by atoms with Crippen molar-refractivity contribution >= 4 is 36.9 Å². The molecule has 240 valence electrons. The molecule has 4 unspecified atom stereocenters. The quantitative estimate of drug-likeness (QED) is 0.0676. The normalized spacial score (nSPS) is 31.3. The van der Waals surface area contributed by atoms with Crippen LogP contribution in [0.4, 0.5) is 0 Å². The molecule has 45 heavy (non-hydrogen) atoms. The van der Waals surface area contributed by atoms with Crippen LogP contribution in [-0.4, -0.2) is 94.9 Å². The number of nitrogens with one attached hydrogen (secondary N) is 8. The van der Waals surface area contributed by atoms with Crippen molar-refractivity contribution < 1.29 is 39.4 Å². The van der Waals surface area contributed by atoms with Gasteiger partial charge in [0.15, 0.2) is 0 Å². The molecule has 4 aliphatic heterocycles. The molecule has 0 saturated heterocycles. The molecule has 8 N–H and O–H groups in total. The molecule has 4 atom stereocenters. The zero-order valence-electron chi connectivity index (χ0n) is 20.5. The predicted octanol–water partition coefficient (Wildman–Crippen LogP) is -7.72. The fraction of sp³-hybridized carbons (Fsp3) is 0.500. The molecule has 0 radical (unpaired) electrons. The Morgan fingerprint density at radius 2 is 0.578 bits per heavy atom. The van der Waals surface area contributed by atoms with Crippen LogP contribution in [-0.2, 0) is 0 Å². The molecule has 0 aromatic heterocycles. The molecular weight excluding hydrogens is 659 g/mol. The fourth-order valence-corrected chi connectivity index (χ4v) is 12.3. The second kappa shape index (κ2) is 9.75. The number of hydrazine groups is 4. The lowest BCUT2D eigenvalue weighted by Crippen LogP contribution is -3.02. The van der Waals surface area contributed by atoms with Crippen molar-refractivity contribution in [1.82, 2.24) is 43.4 Å². The summed E-state index contributed by atoms with van der Waals surface area (Å²) in [5, 5.41) is 98.4. The van der Waals surface area contributed by atoms with Crippen molar-refractivity contribution in [2.45, 2.75) is 18.6 Å². The average molecular weight is 667 g/mol. The summed E-state index contributed by atoms with van der Waals surface area (Å²) in [5.41, 5.74) is 11.2. The first-order valence-electron chi connectivity index (χ1n) is 10.7. The third-order valence-electron chi connectivity index (χ3n) is 6.76. The van der Waals surface area contributed by atoms with Gasteiger partial charge in [0.25, 0.3) is 0 Å². The van der Waals surface area contributed by atoms with Gasteiger partial charge in [-0.15, -0.1) is 21.7 Å². The molecule has 0 aliphatic carbocycles. The first-order chi connectivity index (χ1) is 20.8. The van der Waals surface area contributed by atoms with E-state index in [1.54, 1.807) is 0 Å². The van der Waals surface area contributed by atoms with Crippen LogP contribution in [0.25, 0.3) is 0 Å². The van der Waals surface area contributed by atoms with Crippen molar-refractivity contribution in [3.63, 3.8) is 0 Å². The van der Waals surface area contributed by atoms with E-state index in [-0.39, 0.29) is 0 Å². The van der Waals surface area contributed by atoms with Crippen LogP contribution < -0.4 is 43.4 Å². The van der Waals surface area contributed by atoms with Gasteiger partial charge in [0.05, 0.1) is 0 Å². The Hall–Kier alpha value is -6.55. The minimum Gasteiger partial charge on any atom is -0.390 e. The molecule has 0 saturated carbocycles. The van der Waals surface area contributed by atoms with Gasteiger partial charge in [0.1, 0.15) is 0 Å². The van der Waals surface area contributed by atoms with Crippen LogP contribution in [0.15, 0.2) is 20.0 Å². The molecule has 0 aromatic carbocycles. The Balaban J connectivity index is 2.48. The highest BCUT2D eigenvalue weighted by Crippen LogP contribution is 2.52. The van der Waals surface area contributed by atoms with Gasteiger partial charge in [0.2, 0.25) is 0 Å². The molecular formula is C8H8AlN20O16-. The summed E-state index contributed by atoms with van der Waals surface area (Å²) in [4.78, 5) is 96.4. The molecule has 0 spiro atoms. The summed E-state index contributed by atoms with van der Waals surface area (Å²) in [5.74, 6) is -7.37. The lowest BCUT2D eigenvalue weighted by atomic mass is 10.8. The summed E-state index contributed by atoms with van der Waals surface area (Å²) in [7, 11) is 0. The van der Waals surface area contributed by atoms with Crippen LogP contribution in [0.1, 0.15) is 0 Å². The summed E-state index contributed by atoms with van der Waals surface area (Å²) >= 11 is -8.25. The van der Waals surface area contributed by atoms with Gasteiger partial charge in [-0.3, -0.25) is 40.5 Å². The van der Waals surface area contributed by atoms with Crippen LogP contribution in [0.5, 0.6) is 0 Å². The Morgan fingerprint density at radius 3 is 0.689 bits per heavy atom. The van der Waals surface area contributed by atoms with E-state index in [0.29, 0.717) is 0 Å². The third kappa shape index (κ3) is 3.66. The van der Waals surface area contributed by atoms with Gasteiger partial charge in [-0.25, -0.2) is 0 Å². The van der Waals surface area contributed by atoms with E-state index >= 15 is 0 Å². The minimum atomic E-state index is -8.25. The van der Waals surface area contributed by atoms with Crippen molar-refractivity contribution in [3.05, 3.63) is 80.9 Å². The van der Waals surface area contributed by atoms with E-state index in [1.165, 1.54) is 43.4 Å². The Labute approximate surface area is 239 Å². The molecule has 37 heteroatoms. The molecule has 4 rings (SSSR count). The number of rotatable bonds is 8. The SMILES string of the molecule is O=[N+]([O-])C1=N[C]([N+](=O)[O-])([Al-]([C]2([N+](=O)[O-])N=C([N+](=O)[O-])NN2)([C]2([N+](=O)[O-])N=C([N+](=O)[O-])NN2)[C]2([N+](=O)[O-])N=C([N+](=O)[O-])NN2)NN1. The zero-order valence-corrected chi connectivity index (χ0v) is 21.6. The van der Waals surface area contributed by atoms with Crippen molar-refractivity contribution in [2.24, 2.45) is 20.0 Å². The topological polar surface area (TPSA) is 491 Å². The zero-order chi connectivity index (χ0) is 33.9. The standard InChI is InChI=1S/4C2H2N5O4.Al/c4*8-6(9)1-3-2(5-4-1)7(10)11;/h4*4H,(H,3,5);/q;;;;-1. The number of hydrogen-bond donors (Lipinski definition) is 8. The van der Waals surface area contributed by atoms with Crippen molar-refractivity contribution in [1.29, 1.82) is 0 Å². The number of guanidine groups is 4. The maximum absolute atomic E-state index is 13.0. The first kappa shape index (κ1) is 31.4. The molecule has 0 bridgehead atoms.